The van der Waals surface area contributed by atoms with Gasteiger partial charge in [-0.3, -0.25) is 4.98 Å². The number of aromatic carboxylic acids is 1. The summed E-state index contributed by atoms with van der Waals surface area (Å²) in [6.45, 7) is 1.93. The Labute approximate surface area is 108 Å². The fourth-order valence-electron chi connectivity index (χ4n) is 1.92. The van der Waals surface area contributed by atoms with E-state index in [4.69, 9.17) is 9.63 Å². The van der Waals surface area contributed by atoms with Gasteiger partial charge >= 0.3 is 5.97 Å². The number of carboxylic acid groups (broad SMARTS) is 1. The molecular formula is C14H10N2O3. The molecule has 19 heavy (non-hydrogen) atoms. The first-order chi connectivity index (χ1) is 9.13. The molecule has 0 fully saturated rings. The van der Waals surface area contributed by atoms with Crippen LogP contribution in [-0.4, -0.2) is 21.2 Å². The molecule has 94 valence electrons. The van der Waals surface area contributed by atoms with Gasteiger partial charge in [-0.2, -0.15) is 0 Å². The summed E-state index contributed by atoms with van der Waals surface area (Å²) in [5, 5.41) is 14.4. The Kier molecular flexibility index (Phi) is 2.52. The monoisotopic (exact) mass is 254 g/mol. The highest BCUT2D eigenvalue weighted by Gasteiger charge is 2.12. The Bertz CT molecular complexity index is 777. The SMILES string of the molecule is Cc1cc2ccc(-c3cc(C(=O)O)no3)cc2cn1. The van der Waals surface area contributed by atoms with Gasteiger partial charge in [-0.05, 0) is 24.4 Å². The summed E-state index contributed by atoms with van der Waals surface area (Å²) in [6, 6.07) is 9.11. The van der Waals surface area contributed by atoms with Crippen LogP contribution in [-0.2, 0) is 0 Å². The van der Waals surface area contributed by atoms with Crippen molar-refractivity contribution in [3.05, 3.63) is 47.9 Å². The Hall–Kier alpha value is -2.69. The number of pyridine rings is 1. The lowest BCUT2D eigenvalue weighted by Crippen LogP contribution is -1.94. The van der Waals surface area contributed by atoms with E-state index < -0.39 is 5.97 Å². The third-order valence-corrected chi connectivity index (χ3v) is 2.87. The third-order valence-electron chi connectivity index (χ3n) is 2.87. The zero-order chi connectivity index (χ0) is 13.4. The lowest BCUT2D eigenvalue weighted by atomic mass is 10.1. The van der Waals surface area contributed by atoms with E-state index >= 15 is 0 Å². The van der Waals surface area contributed by atoms with Crippen LogP contribution < -0.4 is 0 Å². The van der Waals surface area contributed by atoms with Gasteiger partial charge in [-0.15, -0.1) is 0 Å². The van der Waals surface area contributed by atoms with Crippen molar-refractivity contribution in [2.24, 2.45) is 0 Å². The highest BCUT2D eigenvalue weighted by atomic mass is 16.5. The van der Waals surface area contributed by atoms with Crippen LogP contribution in [0.1, 0.15) is 16.2 Å². The Balaban J connectivity index is 2.09. The molecule has 0 unspecified atom stereocenters. The van der Waals surface area contributed by atoms with E-state index in [1.165, 1.54) is 6.07 Å². The molecule has 0 atom stereocenters. The second-order valence-corrected chi connectivity index (χ2v) is 4.27. The average molecular weight is 254 g/mol. The molecule has 0 bridgehead atoms. The van der Waals surface area contributed by atoms with Crippen LogP contribution in [0.3, 0.4) is 0 Å². The van der Waals surface area contributed by atoms with E-state index in [0.29, 0.717) is 5.76 Å². The molecule has 0 saturated heterocycles. The number of carbonyl (C=O) groups is 1. The van der Waals surface area contributed by atoms with Gasteiger partial charge in [0.25, 0.3) is 0 Å². The molecule has 3 rings (SSSR count). The molecule has 0 spiro atoms. The van der Waals surface area contributed by atoms with Crippen LogP contribution >= 0.6 is 0 Å². The average Bonchev–Trinajstić information content (AvgIpc) is 2.88. The summed E-state index contributed by atoms with van der Waals surface area (Å²) in [7, 11) is 0. The van der Waals surface area contributed by atoms with Crippen molar-refractivity contribution in [1.29, 1.82) is 0 Å². The Morgan fingerprint density at radius 1 is 1.21 bits per heavy atom. The summed E-state index contributed by atoms with van der Waals surface area (Å²) in [4.78, 5) is 15.0. The maximum Gasteiger partial charge on any atom is 0.358 e. The minimum absolute atomic E-state index is 0.0999. The number of nitrogens with zero attached hydrogens (tertiary/aromatic N) is 2. The lowest BCUT2D eigenvalue weighted by Gasteiger charge is -2.01. The number of hydrogen-bond acceptors (Lipinski definition) is 4. The van der Waals surface area contributed by atoms with E-state index in [-0.39, 0.29) is 5.69 Å². The van der Waals surface area contributed by atoms with E-state index in [0.717, 1.165) is 22.0 Å². The van der Waals surface area contributed by atoms with Gasteiger partial charge in [-0.1, -0.05) is 17.3 Å². The predicted molar refractivity (Wildman–Crippen MR) is 68.9 cm³/mol. The summed E-state index contributed by atoms with van der Waals surface area (Å²) in [6.07, 6.45) is 1.78. The van der Waals surface area contributed by atoms with Gasteiger partial charge in [0, 0.05) is 28.9 Å². The zero-order valence-electron chi connectivity index (χ0n) is 10.1. The molecule has 0 radical (unpaired) electrons. The lowest BCUT2D eigenvalue weighted by molar-refractivity contribution is 0.0686. The van der Waals surface area contributed by atoms with E-state index in [9.17, 15) is 4.79 Å². The fourth-order valence-corrected chi connectivity index (χ4v) is 1.92. The molecule has 5 nitrogen and oxygen atoms in total. The number of aryl methyl sites for hydroxylation is 1. The first-order valence-electron chi connectivity index (χ1n) is 5.70. The van der Waals surface area contributed by atoms with Crippen molar-refractivity contribution in [3.63, 3.8) is 0 Å². The van der Waals surface area contributed by atoms with Crippen molar-refractivity contribution >= 4 is 16.7 Å². The summed E-state index contributed by atoms with van der Waals surface area (Å²) < 4.78 is 5.03. The highest BCUT2D eigenvalue weighted by molar-refractivity contribution is 5.88. The van der Waals surface area contributed by atoms with Crippen molar-refractivity contribution in [2.45, 2.75) is 6.92 Å². The number of aromatic nitrogens is 2. The molecule has 0 saturated carbocycles. The van der Waals surface area contributed by atoms with Gasteiger partial charge in [-0.25, -0.2) is 4.79 Å². The second-order valence-electron chi connectivity index (χ2n) is 4.27. The smallest absolute Gasteiger partial charge is 0.358 e. The molecule has 1 aromatic carbocycles. The van der Waals surface area contributed by atoms with E-state index in [1.54, 1.807) is 6.20 Å². The van der Waals surface area contributed by atoms with Crippen LogP contribution in [0.25, 0.3) is 22.1 Å². The van der Waals surface area contributed by atoms with Crippen molar-refractivity contribution in [2.75, 3.05) is 0 Å². The number of hydrogen-bond donors (Lipinski definition) is 1. The standard InChI is InChI=1S/C14H10N2O3/c1-8-4-9-2-3-10(5-11(9)7-15-8)13-6-12(14(17)18)16-19-13/h2-7H,1H3,(H,17,18). The normalized spacial score (nSPS) is 10.8. The molecule has 3 aromatic rings. The first-order valence-corrected chi connectivity index (χ1v) is 5.70. The largest absolute Gasteiger partial charge is 0.476 e. The maximum absolute atomic E-state index is 10.8. The van der Waals surface area contributed by atoms with Crippen LogP contribution in [0.4, 0.5) is 0 Å². The van der Waals surface area contributed by atoms with Gasteiger partial charge in [0.15, 0.2) is 11.5 Å². The van der Waals surface area contributed by atoms with Gasteiger partial charge in [0.05, 0.1) is 0 Å². The molecule has 1 N–H and O–H groups in total. The van der Waals surface area contributed by atoms with Crippen LogP contribution in [0.5, 0.6) is 0 Å². The van der Waals surface area contributed by atoms with Gasteiger partial charge in [0.2, 0.25) is 0 Å². The van der Waals surface area contributed by atoms with Crippen LogP contribution in [0.15, 0.2) is 41.1 Å². The number of carboxylic acids is 1. The third kappa shape index (κ3) is 2.06. The minimum atomic E-state index is -1.10. The summed E-state index contributed by atoms with van der Waals surface area (Å²) in [5.74, 6) is -0.673. The molecule has 0 aliphatic rings. The highest BCUT2D eigenvalue weighted by Crippen LogP contribution is 2.25. The first kappa shape index (κ1) is 11.4. The van der Waals surface area contributed by atoms with E-state index in [1.807, 2.05) is 31.2 Å². The maximum atomic E-state index is 10.8. The van der Waals surface area contributed by atoms with Gasteiger partial charge in [0.1, 0.15) is 0 Å². The molecule has 0 amide bonds. The zero-order valence-corrected chi connectivity index (χ0v) is 10.1. The van der Waals surface area contributed by atoms with Crippen LogP contribution in [0.2, 0.25) is 0 Å². The minimum Gasteiger partial charge on any atom is -0.476 e. The number of benzene rings is 1. The number of rotatable bonds is 2. The van der Waals surface area contributed by atoms with Crippen molar-refractivity contribution in [3.8, 4) is 11.3 Å². The quantitative estimate of drug-likeness (QED) is 0.760. The number of fused-ring (bicyclic) bond motifs is 1. The summed E-state index contributed by atoms with van der Waals surface area (Å²) in [5.41, 5.74) is 1.63. The Morgan fingerprint density at radius 3 is 2.79 bits per heavy atom. The molecular weight excluding hydrogens is 244 g/mol. The van der Waals surface area contributed by atoms with Crippen molar-refractivity contribution < 1.29 is 14.4 Å². The second kappa shape index (κ2) is 4.20. The molecule has 0 aliphatic heterocycles. The molecule has 0 aliphatic carbocycles. The molecule has 2 heterocycles. The topological polar surface area (TPSA) is 76.2 Å². The molecule has 2 aromatic heterocycles. The fraction of sp³-hybridized carbons (Fsp3) is 0.0714. The predicted octanol–water partition coefficient (Wildman–Crippen LogP) is 2.90. The van der Waals surface area contributed by atoms with E-state index in [2.05, 4.69) is 10.1 Å². The van der Waals surface area contributed by atoms with Crippen LogP contribution in [0, 0.1) is 6.92 Å². The van der Waals surface area contributed by atoms with Gasteiger partial charge < -0.3 is 9.63 Å². The Morgan fingerprint density at radius 2 is 2.05 bits per heavy atom. The van der Waals surface area contributed by atoms with Crippen molar-refractivity contribution in [1.82, 2.24) is 10.1 Å². The summed E-state index contributed by atoms with van der Waals surface area (Å²) >= 11 is 0. The molecule has 5 heteroatoms.